The predicted octanol–water partition coefficient (Wildman–Crippen LogP) is 5.98. The first-order chi connectivity index (χ1) is 13.9. The van der Waals surface area contributed by atoms with Gasteiger partial charge in [0.2, 0.25) is 0 Å². The maximum Gasteiger partial charge on any atom is 0.416 e. The second kappa shape index (κ2) is 9.28. The minimum Gasteiger partial charge on any atom is -0.320 e. The van der Waals surface area contributed by atoms with E-state index in [-0.39, 0.29) is 12.6 Å². The smallest absolute Gasteiger partial charge is 0.320 e. The van der Waals surface area contributed by atoms with E-state index in [2.05, 4.69) is 5.32 Å². The number of nitrogens with one attached hydrogen (secondary N) is 1. The number of benzene rings is 3. The maximum atomic E-state index is 12.8. The summed E-state index contributed by atoms with van der Waals surface area (Å²) < 4.78 is 38.4. The van der Waals surface area contributed by atoms with Crippen molar-refractivity contribution in [2.75, 3.05) is 11.9 Å². The van der Waals surface area contributed by atoms with Gasteiger partial charge in [-0.25, -0.2) is 4.79 Å². The number of hydrogen-bond donors (Lipinski definition) is 1. The molecular formula is C23H21F3N2O. The Hall–Kier alpha value is -3.28. The van der Waals surface area contributed by atoms with Crippen LogP contribution in [0.3, 0.4) is 0 Å². The van der Waals surface area contributed by atoms with Crippen molar-refractivity contribution in [3.8, 4) is 0 Å². The van der Waals surface area contributed by atoms with Crippen molar-refractivity contribution in [2.45, 2.75) is 19.1 Å². The van der Waals surface area contributed by atoms with E-state index in [0.717, 1.165) is 17.7 Å². The molecule has 3 nitrogen and oxygen atoms in total. The molecule has 6 heteroatoms. The summed E-state index contributed by atoms with van der Waals surface area (Å²) in [6, 6.07) is 23.4. The monoisotopic (exact) mass is 398 g/mol. The van der Waals surface area contributed by atoms with Crippen LogP contribution >= 0.6 is 0 Å². The molecule has 0 atom stereocenters. The first-order valence-corrected chi connectivity index (χ1v) is 9.23. The van der Waals surface area contributed by atoms with Gasteiger partial charge in [-0.1, -0.05) is 60.7 Å². The minimum atomic E-state index is -4.38. The first-order valence-electron chi connectivity index (χ1n) is 9.23. The highest BCUT2D eigenvalue weighted by molar-refractivity contribution is 5.89. The standard InChI is InChI=1S/C23H21F3N2O/c24-23(25,26)20-13-11-19(12-14-20)17-28(16-15-18-7-3-1-4-8-18)22(29)27-21-9-5-2-6-10-21/h1-14H,15-17H2,(H,27,29). The highest BCUT2D eigenvalue weighted by atomic mass is 19.4. The Morgan fingerprint density at radius 3 is 1.97 bits per heavy atom. The van der Waals surface area contributed by atoms with Crippen LogP contribution in [-0.4, -0.2) is 17.5 Å². The highest BCUT2D eigenvalue weighted by Gasteiger charge is 2.30. The average molecular weight is 398 g/mol. The molecule has 3 aromatic carbocycles. The van der Waals surface area contributed by atoms with Gasteiger partial charge >= 0.3 is 12.2 Å². The Kier molecular flexibility index (Phi) is 6.54. The van der Waals surface area contributed by atoms with Crippen molar-refractivity contribution in [3.05, 3.63) is 102 Å². The third kappa shape index (κ3) is 6.10. The SMILES string of the molecule is O=C(Nc1ccccc1)N(CCc1ccccc1)Cc1ccc(C(F)(F)F)cc1. The number of hydrogen-bond acceptors (Lipinski definition) is 1. The van der Waals surface area contributed by atoms with Gasteiger partial charge in [0.15, 0.2) is 0 Å². The summed E-state index contributed by atoms with van der Waals surface area (Å²) in [7, 11) is 0. The third-order valence-electron chi connectivity index (χ3n) is 4.48. The molecule has 0 saturated heterocycles. The van der Waals surface area contributed by atoms with E-state index in [0.29, 0.717) is 24.2 Å². The Labute approximate surface area is 167 Å². The molecule has 150 valence electrons. The molecule has 0 aliphatic rings. The lowest BCUT2D eigenvalue weighted by Gasteiger charge is -2.23. The van der Waals surface area contributed by atoms with E-state index in [1.165, 1.54) is 12.1 Å². The highest BCUT2D eigenvalue weighted by Crippen LogP contribution is 2.29. The van der Waals surface area contributed by atoms with E-state index in [1.54, 1.807) is 17.0 Å². The van der Waals surface area contributed by atoms with Crippen LogP contribution in [0.25, 0.3) is 0 Å². The summed E-state index contributed by atoms with van der Waals surface area (Å²) in [5.41, 5.74) is 1.67. The quantitative estimate of drug-likeness (QED) is 0.544. The number of nitrogens with zero attached hydrogens (tertiary/aromatic N) is 1. The molecule has 1 N–H and O–H groups in total. The van der Waals surface area contributed by atoms with Crippen LogP contribution in [-0.2, 0) is 19.1 Å². The predicted molar refractivity (Wildman–Crippen MR) is 107 cm³/mol. The number of alkyl halides is 3. The molecule has 0 saturated carbocycles. The van der Waals surface area contributed by atoms with E-state index >= 15 is 0 Å². The van der Waals surface area contributed by atoms with E-state index in [1.807, 2.05) is 48.5 Å². The van der Waals surface area contributed by atoms with Crippen LogP contribution in [0.2, 0.25) is 0 Å². The normalized spacial score (nSPS) is 11.1. The number of urea groups is 1. The van der Waals surface area contributed by atoms with Gasteiger partial charge in [0.05, 0.1) is 5.56 Å². The van der Waals surface area contributed by atoms with Gasteiger partial charge in [-0.2, -0.15) is 13.2 Å². The molecule has 2 amide bonds. The first kappa shape index (κ1) is 20.5. The zero-order valence-corrected chi connectivity index (χ0v) is 15.7. The molecule has 0 bridgehead atoms. The number of rotatable bonds is 6. The lowest BCUT2D eigenvalue weighted by molar-refractivity contribution is -0.137. The summed E-state index contributed by atoms with van der Waals surface area (Å²) in [6.45, 7) is 0.646. The van der Waals surface area contributed by atoms with Gasteiger partial charge in [0.25, 0.3) is 0 Å². The second-order valence-corrected chi connectivity index (χ2v) is 6.65. The minimum absolute atomic E-state index is 0.212. The number of carbonyl (C=O) groups is 1. The summed E-state index contributed by atoms with van der Waals surface area (Å²) in [5, 5.41) is 2.84. The molecule has 29 heavy (non-hydrogen) atoms. The third-order valence-corrected chi connectivity index (χ3v) is 4.48. The summed E-state index contributed by atoms with van der Waals surface area (Å²) in [6.07, 6.45) is -3.74. The van der Waals surface area contributed by atoms with Crippen molar-refractivity contribution in [3.63, 3.8) is 0 Å². The van der Waals surface area contributed by atoms with Crippen molar-refractivity contribution >= 4 is 11.7 Å². The molecule has 3 rings (SSSR count). The average Bonchev–Trinajstić information content (AvgIpc) is 2.72. The number of carbonyl (C=O) groups excluding carboxylic acids is 1. The molecule has 0 fully saturated rings. The second-order valence-electron chi connectivity index (χ2n) is 6.65. The Morgan fingerprint density at radius 1 is 0.793 bits per heavy atom. The fourth-order valence-electron chi connectivity index (χ4n) is 2.90. The zero-order chi connectivity index (χ0) is 20.7. The van der Waals surface area contributed by atoms with Gasteiger partial charge in [0.1, 0.15) is 0 Å². The number of para-hydroxylation sites is 1. The van der Waals surface area contributed by atoms with Gasteiger partial charge in [0, 0.05) is 18.8 Å². The van der Waals surface area contributed by atoms with Gasteiger partial charge in [-0.05, 0) is 41.8 Å². The van der Waals surface area contributed by atoms with Crippen molar-refractivity contribution in [1.82, 2.24) is 4.90 Å². The molecule has 0 heterocycles. The number of anilines is 1. The van der Waals surface area contributed by atoms with Crippen molar-refractivity contribution < 1.29 is 18.0 Å². The number of halogens is 3. The molecule has 0 radical (unpaired) electrons. The molecule has 0 aliphatic heterocycles. The van der Waals surface area contributed by atoms with Gasteiger partial charge in [-0.3, -0.25) is 0 Å². The molecule has 0 spiro atoms. The van der Waals surface area contributed by atoms with Gasteiger partial charge in [-0.15, -0.1) is 0 Å². The Bertz CT molecular complexity index is 910. The van der Waals surface area contributed by atoms with Gasteiger partial charge < -0.3 is 10.2 Å². The fraction of sp³-hybridized carbons (Fsp3) is 0.174. The molecule has 0 aliphatic carbocycles. The van der Waals surface area contributed by atoms with Crippen LogP contribution in [0.5, 0.6) is 0 Å². The zero-order valence-electron chi connectivity index (χ0n) is 15.7. The van der Waals surface area contributed by atoms with Crippen LogP contribution in [0.1, 0.15) is 16.7 Å². The maximum absolute atomic E-state index is 12.8. The summed E-state index contributed by atoms with van der Waals surface area (Å²) >= 11 is 0. The Morgan fingerprint density at radius 2 is 1.38 bits per heavy atom. The van der Waals surface area contributed by atoms with Crippen LogP contribution in [0.15, 0.2) is 84.9 Å². The number of amides is 2. The largest absolute Gasteiger partial charge is 0.416 e. The van der Waals surface area contributed by atoms with Crippen molar-refractivity contribution in [2.24, 2.45) is 0 Å². The molecule has 0 unspecified atom stereocenters. The summed E-state index contributed by atoms with van der Waals surface area (Å²) in [4.78, 5) is 14.4. The molecular weight excluding hydrogens is 377 g/mol. The molecule has 0 aromatic heterocycles. The van der Waals surface area contributed by atoms with Crippen molar-refractivity contribution in [1.29, 1.82) is 0 Å². The lowest BCUT2D eigenvalue weighted by atomic mass is 10.1. The summed E-state index contributed by atoms with van der Waals surface area (Å²) in [5.74, 6) is 0. The fourth-order valence-corrected chi connectivity index (χ4v) is 2.90. The lowest BCUT2D eigenvalue weighted by Crippen LogP contribution is -2.36. The van der Waals surface area contributed by atoms with Crippen LogP contribution < -0.4 is 5.32 Å². The van der Waals surface area contributed by atoms with E-state index < -0.39 is 11.7 Å². The van der Waals surface area contributed by atoms with E-state index in [4.69, 9.17) is 0 Å². The van der Waals surface area contributed by atoms with Crippen LogP contribution in [0, 0.1) is 0 Å². The van der Waals surface area contributed by atoms with Crippen LogP contribution in [0.4, 0.5) is 23.7 Å². The Balaban J connectivity index is 1.73. The molecule has 3 aromatic rings. The van der Waals surface area contributed by atoms with E-state index in [9.17, 15) is 18.0 Å². The topological polar surface area (TPSA) is 32.3 Å².